The van der Waals surface area contributed by atoms with Crippen LogP contribution in [0.3, 0.4) is 0 Å². The molecule has 32 heavy (non-hydrogen) atoms. The van der Waals surface area contributed by atoms with Crippen molar-refractivity contribution in [3.05, 3.63) is 52.3 Å². The predicted octanol–water partition coefficient (Wildman–Crippen LogP) is 5.73. The summed E-state index contributed by atoms with van der Waals surface area (Å²) in [4.78, 5) is 17.4. The first-order valence-electron chi connectivity index (χ1n) is 10.7. The lowest BCUT2D eigenvalue weighted by atomic mass is 9.84. The highest BCUT2D eigenvalue weighted by Crippen LogP contribution is 2.49. The van der Waals surface area contributed by atoms with Gasteiger partial charge in [-0.3, -0.25) is 4.79 Å². The van der Waals surface area contributed by atoms with Gasteiger partial charge in [-0.15, -0.1) is 0 Å². The van der Waals surface area contributed by atoms with Gasteiger partial charge in [-0.05, 0) is 65.9 Å². The number of benzene rings is 1. The Morgan fingerprint density at radius 1 is 1.22 bits per heavy atom. The summed E-state index contributed by atoms with van der Waals surface area (Å²) >= 11 is 3.29. The Labute approximate surface area is 191 Å². The Morgan fingerprint density at radius 2 is 1.97 bits per heavy atom. The first-order chi connectivity index (χ1) is 15.2. The maximum absolute atomic E-state index is 13.9. The minimum Gasteiger partial charge on any atom is -0.348 e. The molecule has 0 aliphatic heterocycles. The molecule has 0 saturated heterocycles. The number of amides is 1. The molecule has 2 aromatic heterocycles. The van der Waals surface area contributed by atoms with Crippen LogP contribution in [0.1, 0.15) is 48.8 Å². The number of nitrogens with one attached hydrogen (secondary N) is 1. The van der Waals surface area contributed by atoms with Crippen LogP contribution in [0.2, 0.25) is 0 Å². The Morgan fingerprint density at radius 3 is 2.59 bits per heavy atom. The van der Waals surface area contributed by atoms with Crippen LogP contribution in [0, 0.1) is 17.8 Å². The molecule has 0 spiro atoms. The molecule has 168 valence electrons. The lowest BCUT2D eigenvalue weighted by Gasteiger charge is -2.28. The monoisotopic (exact) mass is 506 g/mol. The average molecular weight is 507 g/mol. The minimum absolute atomic E-state index is 0.0450. The Hall–Kier alpha value is -2.42. The molecule has 1 aromatic carbocycles. The van der Waals surface area contributed by atoms with Crippen LogP contribution in [-0.4, -0.2) is 26.5 Å². The molecule has 1 amide bonds. The van der Waals surface area contributed by atoms with Crippen LogP contribution < -0.4 is 5.32 Å². The lowest BCUT2D eigenvalue weighted by Crippen LogP contribution is -2.40. The number of fused-ring (bicyclic) bond motifs is 3. The van der Waals surface area contributed by atoms with Gasteiger partial charge in [0.2, 0.25) is 0 Å². The van der Waals surface area contributed by atoms with E-state index < -0.39 is 17.8 Å². The van der Waals surface area contributed by atoms with Gasteiger partial charge < -0.3 is 5.32 Å². The molecule has 2 bridgehead atoms. The van der Waals surface area contributed by atoms with Gasteiger partial charge in [0.05, 0.1) is 10.2 Å². The standard InChI is InChI=1S/C23H22BrF3N4O/c1-12(16-10-13-7-8-15(16)9-13)28-22(32)20-19(24)21-29-17(14-5-3-2-4-6-14)11-18(23(25,26)27)31(21)30-20/h2-6,11-13,15-16H,7-10H2,1H3,(H,28,32)/t12-,13-,15-,16-/m0/s1. The number of hydrogen-bond acceptors (Lipinski definition) is 3. The number of aromatic nitrogens is 3. The van der Waals surface area contributed by atoms with Crippen molar-refractivity contribution in [2.24, 2.45) is 17.8 Å². The number of alkyl halides is 3. The van der Waals surface area contributed by atoms with Gasteiger partial charge in [0.15, 0.2) is 17.0 Å². The van der Waals surface area contributed by atoms with Crippen molar-refractivity contribution in [3.63, 3.8) is 0 Å². The van der Waals surface area contributed by atoms with Crippen LogP contribution in [0.5, 0.6) is 0 Å². The average Bonchev–Trinajstić information content (AvgIpc) is 3.48. The van der Waals surface area contributed by atoms with Gasteiger partial charge in [-0.25, -0.2) is 9.50 Å². The van der Waals surface area contributed by atoms with Crippen molar-refractivity contribution < 1.29 is 18.0 Å². The van der Waals surface area contributed by atoms with E-state index in [1.165, 1.54) is 19.3 Å². The van der Waals surface area contributed by atoms with Crippen LogP contribution >= 0.6 is 15.9 Å². The summed E-state index contributed by atoms with van der Waals surface area (Å²) in [6, 6.07) is 9.51. The van der Waals surface area contributed by atoms with E-state index in [-0.39, 0.29) is 27.5 Å². The zero-order chi connectivity index (χ0) is 22.6. The molecule has 0 radical (unpaired) electrons. The van der Waals surface area contributed by atoms with Crippen LogP contribution in [0.4, 0.5) is 13.2 Å². The maximum Gasteiger partial charge on any atom is 0.433 e. The first-order valence-corrected chi connectivity index (χ1v) is 11.5. The quantitative estimate of drug-likeness (QED) is 0.491. The van der Waals surface area contributed by atoms with Crippen molar-refractivity contribution in [2.45, 2.75) is 44.8 Å². The number of nitrogens with zero attached hydrogens (tertiary/aromatic N) is 3. The number of halogens is 4. The summed E-state index contributed by atoms with van der Waals surface area (Å²) in [7, 11) is 0. The van der Waals surface area contributed by atoms with Gasteiger partial charge in [0.1, 0.15) is 0 Å². The molecule has 3 aromatic rings. The summed E-state index contributed by atoms with van der Waals surface area (Å²) in [6.45, 7) is 1.97. The molecule has 4 atom stereocenters. The van der Waals surface area contributed by atoms with Crippen molar-refractivity contribution in [2.75, 3.05) is 0 Å². The highest BCUT2D eigenvalue weighted by atomic mass is 79.9. The van der Waals surface area contributed by atoms with Gasteiger partial charge in [-0.2, -0.15) is 18.3 Å². The van der Waals surface area contributed by atoms with Crippen molar-refractivity contribution in [3.8, 4) is 11.3 Å². The fourth-order valence-electron chi connectivity index (χ4n) is 5.38. The van der Waals surface area contributed by atoms with E-state index in [1.807, 2.05) is 6.92 Å². The zero-order valence-electron chi connectivity index (χ0n) is 17.4. The lowest BCUT2D eigenvalue weighted by molar-refractivity contribution is -0.142. The van der Waals surface area contributed by atoms with Crippen molar-refractivity contribution >= 4 is 27.5 Å². The fourth-order valence-corrected chi connectivity index (χ4v) is 5.90. The highest BCUT2D eigenvalue weighted by Gasteiger charge is 2.42. The largest absolute Gasteiger partial charge is 0.433 e. The van der Waals surface area contributed by atoms with Crippen LogP contribution in [-0.2, 0) is 6.18 Å². The summed E-state index contributed by atoms with van der Waals surface area (Å²) in [5.74, 6) is 1.27. The molecule has 9 heteroatoms. The topological polar surface area (TPSA) is 59.3 Å². The van der Waals surface area contributed by atoms with Crippen molar-refractivity contribution in [1.82, 2.24) is 19.9 Å². The van der Waals surface area contributed by atoms with E-state index in [2.05, 4.69) is 31.3 Å². The van der Waals surface area contributed by atoms with E-state index in [4.69, 9.17) is 0 Å². The Kier molecular flexibility index (Phi) is 5.27. The summed E-state index contributed by atoms with van der Waals surface area (Å²) in [5, 5.41) is 6.99. The first kappa shape index (κ1) is 21.4. The van der Waals surface area contributed by atoms with Crippen LogP contribution in [0.25, 0.3) is 16.9 Å². The maximum atomic E-state index is 13.9. The number of hydrogen-bond donors (Lipinski definition) is 1. The SMILES string of the molecule is C[C@H](NC(=O)c1nn2c(C(F)(F)F)cc(-c3ccccc3)nc2c1Br)[C@@H]1C[C@H]2CC[C@H]1C2. The Balaban J connectivity index is 1.51. The smallest absolute Gasteiger partial charge is 0.348 e. The fraction of sp³-hybridized carbons (Fsp3) is 0.435. The Bertz CT molecular complexity index is 1180. The predicted molar refractivity (Wildman–Crippen MR) is 117 cm³/mol. The van der Waals surface area contributed by atoms with E-state index >= 15 is 0 Å². The van der Waals surface area contributed by atoms with Gasteiger partial charge in [0.25, 0.3) is 5.91 Å². The van der Waals surface area contributed by atoms with Crippen LogP contribution in [0.15, 0.2) is 40.9 Å². The van der Waals surface area contributed by atoms with Gasteiger partial charge in [-0.1, -0.05) is 36.8 Å². The van der Waals surface area contributed by atoms with E-state index in [0.29, 0.717) is 21.9 Å². The third kappa shape index (κ3) is 3.70. The highest BCUT2D eigenvalue weighted by molar-refractivity contribution is 9.10. The molecular formula is C23H22BrF3N4O. The third-order valence-electron chi connectivity index (χ3n) is 6.90. The van der Waals surface area contributed by atoms with Crippen molar-refractivity contribution in [1.29, 1.82) is 0 Å². The summed E-state index contributed by atoms with van der Waals surface area (Å²) < 4.78 is 42.4. The van der Waals surface area contributed by atoms with E-state index in [0.717, 1.165) is 18.4 Å². The third-order valence-corrected chi connectivity index (χ3v) is 7.63. The van der Waals surface area contributed by atoms with E-state index in [9.17, 15) is 18.0 Å². The molecular weight excluding hydrogens is 485 g/mol. The second kappa shape index (κ2) is 7.86. The molecule has 2 aliphatic carbocycles. The minimum atomic E-state index is -4.67. The zero-order valence-corrected chi connectivity index (χ0v) is 18.9. The second-order valence-electron chi connectivity index (χ2n) is 8.89. The molecule has 1 N–H and O–H groups in total. The van der Waals surface area contributed by atoms with Gasteiger partial charge in [0, 0.05) is 11.6 Å². The molecule has 2 heterocycles. The molecule has 2 fully saturated rings. The van der Waals surface area contributed by atoms with E-state index in [1.54, 1.807) is 30.3 Å². The second-order valence-corrected chi connectivity index (χ2v) is 9.68. The molecule has 5 rings (SSSR count). The summed E-state index contributed by atoms with van der Waals surface area (Å²) in [5.41, 5.74) is -0.417. The normalized spacial score (nSPS) is 23.6. The molecule has 5 nitrogen and oxygen atoms in total. The number of carbonyl (C=O) groups excluding carboxylic acids is 1. The summed E-state index contributed by atoms with van der Waals surface area (Å²) in [6.07, 6.45) is 0.0905. The van der Waals surface area contributed by atoms with Gasteiger partial charge >= 0.3 is 6.18 Å². The molecule has 2 saturated carbocycles. The molecule has 2 aliphatic rings. The molecule has 0 unspecified atom stereocenters. The number of rotatable bonds is 4. The number of carbonyl (C=O) groups is 1.